The van der Waals surface area contributed by atoms with Crippen molar-refractivity contribution in [3.63, 3.8) is 0 Å². The molecule has 0 aliphatic rings. The zero-order chi connectivity index (χ0) is 25.4. The van der Waals surface area contributed by atoms with Crippen molar-refractivity contribution in [1.82, 2.24) is 0 Å². The van der Waals surface area contributed by atoms with Crippen molar-refractivity contribution in [3.05, 3.63) is 80.9 Å². The van der Waals surface area contributed by atoms with Gasteiger partial charge >= 0.3 is 0 Å². The molecule has 0 saturated carbocycles. The van der Waals surface area contributed by atoms with Crippen LogP contribution in [0.4, 0.5) is 11.4 Å². The van der Waals surface area contributed by atoms with Crippen molar-refractivity contribution in [2.75, 3.05) is 0 Å². The Morgan fingerprint density at radius 1 is 0.452 bits per heavy atom. The molecule has 2 rings (SSSR count). The third-order valence-corrected chi connectivity index (χ3v) is 1.93. The highest BCUT2D eigenvalue weighted by atomic mass is 16.6. The maximum atomic E-state index is 10.0. The van der Waals surface area contributed by atoms with Gasteiger partial charge in [-0.05, 0) is 0 Å². The lowest BCUT2D eigenvalue weighted by Gasteiger charge is -1.85. The third-order valence-electron chi connectivity index (χ3n) is 1.93. The van der Waals surface area contributed by atoms with Crippen LogP contribution in [-0.4, -0.2) is 9.85 Å². The topological polar surface area (TPSA) is 86.3 Å². The van der Waals surface area contributed by atoms with Gasteiger partial charge in [0.05, 0.1) is 9.85 Å². The van der Waals surface area contributed by atoms with Crippen molar-refractivity contribution < 1.29 is 9.85 Å². The van der Waals surface area contributed by atoms with Gasteiger partial charge in [-0.2, -0.15) is 0 Å². The monoisotopic (exact) mass is 442 g/mol. The van der Waals surface area contributed by atoms with Gasteiger partial charge in [0.1, 0.15) is 0 Å². The van der Waals surface area contributed by atoms with Crippen LogP contribution in [0.3, 0.4) is 0 Å². The van der Waals surface area contributed by atoms with E-state index < -0.39 is 9.85 Å². The largest absolute Gasteiger partial charge is 0.269 e. The summed E-state index contributed by atoms with van der Waals surface area (Å²) in [6, 6.07) is 15.9. The molecule has 0 spiro atoms. The molecule has 184 valence electrons. The maximum absolute atomic E-state index is 10.0. The highest BCUT2D eigenvalue weighted by Gasteiger charge is 1.99. The summed E-state index contributed by atoms with van der Waals surface area (Å²) in [6.45, 7) is 24.0. The van der Waals surface area contributed by atoms with Crippen LogP contribution in [-0.2, 0) is 0 Å². The van der Waals surface area contributed by atoms with E-state index in [2.05, 4.69) is 0 Å². The Balaban J connectivity index is -0.0000000492. The molecular weight excluding hydrogens is 392 g/mol. The van der Waals surface area contributed by atoms with Crippen LogP contribution in [0.5, 0.6) is 0 Å². The Labute approximate surface area is 193 Å². The van der Waals surface area contributed by atoms with Gasteiger partial charge in [-0.15, -0.1) is 0 Å². The first-order chi connectivity index (χ1) is 14.6. The Bertz CT molecular complexity index is 470. The molecule has 6 nitrogen and oxygen atoms in total. The van der Waals surface area contributed by atoms with E-state index in [0.29, 0.717) is 0 Å². The Hall–Kier alpha value is -2.76. The van der Waals surface area contributed by atoms with E-state index >= 15 is 0 Å². The summed E-state index contributed by atoms with van der Waals surface area (Å²) in [5.74, 6) is 0. The molecule has 0 radical (unpaired) electrons. The Kier molecular flexibility index (Phi) is 75.9. The Morgan fingerprint density at radius 2 is 0.613 bits per heavy atom. The summed E-state index contributed by atoms with van der Waals surface area (Å²) in [6.07, 6.45) is 0. The van der Waals surface area contributed by atoms with Crippen molar-refractivity contribution >= 4 is 11.4 Å². The van der Waals surface area contributed by atoms with Crippen LogP contribution in [0.25, 0.3) is 0 Å². The van der Waals surface area contributed by atoms with E-state index in [1.165, 1.54) is 24.3 Å². The summed E-state index contributed by atoms with van der Waals surface area (Å²) in [4.78, 5) is 19.2. The summed E-state index contributed by atoms with van der Waals surface area (Å²) in [5.41, 5.74) is 0.273. The second kappa shape index (κ2) is 50.7. The molecular formula is C25H50N2O4. The molecule has 0 aliphatic heterocycles. The highest BCUT2D eigenvalue weighted by molar-refractivity contribution is 5.28. The van der Waals surface area contributed by atoms with Crippen molar-refractivity contribution in [1.29, 1.82) is 0 Å². The summed E-state index contributed by atoms with van der Waals surface area (Å²) < 4.78 is 0. The minimum atomic E-state index is -0.417. The number of hydrogen-bond donors (Lipinski definition) is 0. The molecule has 0 unspecified atom stereocenters. The fourth-order valence-electron chi connectivity index (χ4n) is 1.10. The number of non-ortho nitro benzene ring substituents is 2. The molecule has 0 fully saturated rings. The van der Waals surface area contributed by atoms with Gasteiger partial charge in [0.2, 0.25) is 0 Å². The number of benzene rings is 2. The van der Waals surface area contributed by atoms with Gasteiger partial charge in [0, 0.05) is 24.3 Å². The van der Waals surface area contributed by atoms with E-state index in [1.807, 2.05) is 83.1 Å². The number of rotatable bonds is 2. The van der Waals surface area contributed by atoms with E-state index in [1.54, 1.807) is 36.4 Å². The highest BCUT2D eigenvalue weighted by Crippen LogP contribution is 2.07. The lowest BCUT2D eigenvalue weighted by Crippen LogP contribution is -1.84. The molecule has 6 heteroatoms. The summed E-state index contributed by atoms with van der Waals surface area (Å²) >= 11 is 0. The Morgan fingerprint density at radius 3 is 0.710 bits per heavy atom. The molecule has 0 amide bonds. The second-order valence-corrected chi connectivity index (χ2v) is 3.19. The van der Waals surface area contributed by atoms with Crippen LogP contribution in [0.2, 0.25) is 0 Å². The molecule has 0 aromatic heterocycles. The van der Waals surface area contributed by atoms with E-state index in [4.69, 9.17) is 0 Å². The quantitative estimate of drug-likeness (QED) is 0.342. The molecule has 0 bridgehead atoms. The summed E-state index contributed by atoms with van der Waals surface area (Å²) in [7, 11) is 0. The van der Waals surface area contributed by atoms with Crippen LogP contribution in [0, 0.1) is 20.2 Å². The van der Waals surface area contributed by atoms with Crippen LogP contribution < -0.4 is 0 Å². The zero-order valence-electron chi connectivity index (χ0n) is 21.3. The standard InChI is InChI=1S/2C6H5NO2.6C2H6.CH4/c2*8-7(9)6-4-2-1-3-5-6;6*1-2;/h2*1-5H;6*1-2H3;1H4. The predicted octanol–water partition coefficient (Wildman–Crippen LogP) is 9.98. The van der Waals surface area contributed by atoms with Gasteiger partial charge < -0.3 is 0 Å². The van der Waals surface area contributed by atoms with Gasteiger partial charge in [-0.25, -0.2) is 0 Å². The number of nitro benzene ring substituents is 2. The number of hydrogen-bond acceptors (Lipinski definition) is 4. The van der Waals surface area contributed by atoms with Crippen molar-refractivity contribution in [2.45, 2.75) is 90.5 Å². The van der Waals surface area contributed by atoms with Gasteiger partial charge in [-0.1, -0.05) is 127 Å². The fraction of sp³-hybridized carbons (Fsp3) is 0.520. The molecule has 2 aromatic rings. The van der Waals surface area contributed by atoms with Gasteiger partial charge in [-0.3, -0.25) is 20.2 Å². The first kappa shape index (κ1) is 46.4. The summed E-state index contributed by atoms with van der Waals surface area (Å²) in [5, 5.41) is 20.0. The van der Waals surface area contributed by atoms with E-state index in [-0.39, 0.29) is 18.8 Å². The average Bonchev–Trinajstić information content (AvgIpc) is 2.88. The number of nitro groups is 2. The number of nitrogens with zero attached hydrogens (tertiary/aromatic N) is 2. The van der Waals surface area contributed by atoms with Gasteiger partial charge in [0.25, 0.3) is 11.4 Å². The maximum Gasteiger partial charge on any atom is 0.269 e. The lowest BCUT2D eigenvalue weighted by atomic mass is 10.3. The minimum absolute atomic E-state index is 0. The molecule has 0 N–H and O–H groups in total. The smallest absolute Gasteiger partial charge is 0.258 e. The van der Waals surface area contributed by atoms with Crippen LogP contribution in [0.1, 0.15) is 90.5 Å². The molecule has 0 atom stereocenters. The average molecular weight is 443 g/mol. The first-order valence-electron chi connectivity index (χ1n) is 11.0. The minimum Gasteiger partial charge on any atom is -0.258 e. The molecule has 0 aliphatic carbocycles. The van der Waals surface area contributed by atoms with Crippen LogP contribution in [0.15, 0.2) is 60.7 Å². The molecule has 0 heterocycles. The van der Waals surface area contributed by atoms with Crippen molar-refractivity contribution in [3.8, 4) is 0 Å². The lowest BCUT2D eigenvalue weighted by molar-refractivity contribution is -0.385. The van der Waals surface area contributed by atoms with E-state index in [9.17, 15) is 20.2 Å². The molecule has 0 saturated heterocycles. The second-order valence-electron chi connectivity index (χ2n) is 3.19. The van der Waals surface area contributed by atoms with Crippen LogP contribution >= 0.6 is 0 Å². The normalized spacial score (nSPS) is 6.32. The zero-order valence-corrected chi connectivity index (χ0v) is 21.3. The third kappa shape index (κ3) is 38.5. The molecule has 31 heavy (non-hydrogen) atoms. The fourth-order valence-corrected chi connectivity index (χ4v) is 1.10. The first-order valence-corrected chi connectivity index (χ1v) is 11.0. The number of para-hydroxylation sites is 2. The predicted molar refractivity (Wildman–Crippen MR) is 141 cm³/mol. The molecule has 2 aromatic carbocycles. The van der Waals surface area contributed by atoms with Gasteiger partial charge in [0.15, 0.2) is 0 Å². The van der Waals surface area contributed by atoms with Crippen molar-refractivity contribution in [2.24, 2.45) is 0 Å². The SMILES string of the molecule is C.CC.CC.CC.CC.CC.CC.O=[N+]([O-])c1ccccc1.O=[N+]([O-])c1ccccc1. The van der Waals surface area contributed by atoms with E-state index in [0.717, 1.165) is 0 Å².